The van der Waals surface area contributed by atoms with Crippen molar-refractivity contribution in [3.05, 3.63) is 66.2 Å². The van der Waals surface area contributed by atoms with Crippen LogP contribution in [0.25, 0.3) is 21.9 Å². The quantitative estimate of drug-likeness (QED) is 0.558. The van der Waals surface area contributed by atoms with E-state index in [4.69, 9.17) is 0 Å². The highest BCUT2D eigenvalue weighted by Gasteiger charge is 2.04. The van der Waals surface area contributed by atoms with Gasteiger partial charge in [-0.05, 0) is 40.1 Å². The topological polar surface area (TPSA) is 63.2 Å². The molecular weight excluding hydrogens is 310 g/mol. The van der Waals surface area contributed by atoms with Gasteiger partial charge in [-0.3, -0.25) is 4.79 Å². The van der Waals surface area contributed by atoms with Crippen LogP contribution in [0, 0.1) is 0 Å². The van der Waals surface area contributed by atoms with Gasteiger partial charge in [0, 0.05) is 11.3 Å². The maximum atomic E-state index is 10.9. The van der Waals surface area contributed by atoms with Crippen LogP contribution in [0.15, 0.2) is 60.7 Å². The maximum absolute atomic E-state index is 10.9. The Bertz CT molecular complexity index is 923. The van der Waals surface area contributed by atoms with Crippen LogP contribution in [0.5, 0.6) is 0 Å². The van der Waals surface area contributed by atoms with Crippen LogP contribution in [0.3, 0.4) is 0 Å². The van der Waals surface area contributed by atoms with E-state index in [1.807, 2.05) is 54.6 Å². The van der Waals surface area contributed by atoms with Crippen molar-refractivity contribution in [3.8, 4) is 11.1 Å². The summed E-state index contributed by atoms with van der Waals surface area (Å²) < 4.78 is 21.2. The van der Waals surface area contributed by atoms with E-state index in [2.05, 4.69) is 5.32 Å². The molecule has 3 aromatic rings. The lowest BCUT2D eigenvalue weighted by Crippen LogP contribution is -2.02. The van der Waals surface area contributed by atoms with E-state index in [0.29, 0.717) is 5.56 Å². The minimum Gasteiger partial charge on any atom is -0.372 e. The molecule has 0 atom stereocenters. The fraction of sp³-hybridized carbons (Fsp3) is 0.0556. The summed E-state index contributed by atoms with van der Waals surface area (Å²) in [5.41, 5.74) is 3.52. The van der Waals surface area contributed by atoms with Crippen molar-refractivity contribution < 1.29 is 13.2 Å². The first-order chi connectivity index (χ1) is 11.2. The highest BCUT2D eigenvalue weighted by Crippen LogP contribution is 2.29. The first kappa shape index (κ1) is 15.2. The molecule has 0 fully saturated rings. The molecule has 0 aliphatic heterocycles. The molecule has 1 N–H and O–H groups in total. The van der Waals surface area contributed by atoms with Gasteiger partial charge in [0.2, 0.25) is 0 Å². The van der Waals surface area contributed by atoms with Crippen LogP contribution < -0.4 is 5.32 Å². The molecule has 0 saturated heterocycles. The van der Waals surface area contributed by atoms with Crippen LogP contribution in [0.1, 0.15) is 10.4 Å². The molecule has 0 bridgehead atoms. The predicted octanol–water partition coefficient (Wildman–Crippen LogP) is 3.30. The Morgan fingerprint density at radius 2 is 1.74 bits per heavy atom. The molecule has 0 spiro atoms. The van der Waals surface area contributed by atoms with Gasteiger partial charge in [0.05, 0.1) is 0 Å². The minimum absolute atomic E-state index is 0.0720. The number of carbonyl (C=O) groups is 1. The second-order valence-electron chi connectivity index (χ2n) is 5.15. The minimum atomic E-state index is -2.44. The summed E-state index contributed by atoms with van der Waals surface area (Å²) >= 11 is 0. The average molecular weight is 325 g/mol. The van der Waals surface area contributed by atoms with Crippen LogP contribution >= 0.6 is 0 Å². The molecule has 0 aromatic heterocycles. The van der Waals surface area contributed by atoms with Gasteiger partial charge in [0.15, 0.2) is 10.7 Å². The highest BCUT2D eigenvalue weighted by molar-refractivity contribution is 7.72. The first-order valence-electron chi connectivity index (χ1n) is 7.11. The lowest BCUT2D eigenvalue weighted by atomic mass is 9.97. The van der Waals surface area contributed by atoms with E-state index in [1.54, 1.807) is 6.07 Å². The zero-order chi connectivity index (χ0) is 16.2. The van der Waals surface area contributed by atoms with Crippen molar-refractivity contribution in [2.24, 2.45) is 0 Å². The molecule has 0 aliphatic carbocycles. The Kier molecular flexibility index (Phi) is 4.39. The number of anilines is 1. The summed E-state index contributed by atoms with van der Waals surface area (Å²) in [5, 5.41) is 4.92. The van der Waals surface area contributed by atoms with Gasteiger partial charge in [0.1, 0.15) is 12.2 Å². The zero-order valence-corrected chi connectivity index (χ0v) is 13.1. The van der Waals surface area contributed by atoms with Crippen LogP contribution in [0.2, 0.25) is 0 Å². The summed E-state index contributed by atoms with van der Waals surface area (Å²) in [4.78, 5) is 10.9. The molecule has 0 radical (unpaired) electrons. The van der Waals surface area contributed by atoms with Crippen LogP contribution in [-0.4, -0.2) is 20.6 Å². The summed E-state index contributed by atoms with van der Waals surface area (Å²) in [6, 6.07) is 19.2. The molecule has 3 aromatic carbocycles. The summed E-state index contributed by atoms with van der Waals surface area (Å²) in [6.45, 7) is 0. The van der Waals surface area contributed by atoms with Crippen molar-refractivity contribution >= 4 is 33.5 Å². The number of nitrogens with one attached hydrogen (secondary N) is 1. The third-order valence-electron chi connectivity index (χ3n) is 3.65. The Balaban J connectivity index is 1.98. The van der Waals surface area contributed by atoms with Gasteiger partial charge < -0.3 is 5.32 Å². The van der Waals surface area contributed by atoms with Gasteiger partial charge in [-0.25, -0.2) is 8.42 Å². The number of aldehydes is 1. The van der Waals surface area contributed by atoms with Crippen LogP contribution in [-0.2, 0) is 10.7 Å². The van der Waals surface area contributed by atoms with Gasteiger partial charge in [-0.1, -0.05) is 42.5 Å². The molecule has 3 rings (SSSR count). The largest absolute Gasteiger partial charge is 0.372 e. The van der Waals surface area contributed by atoms with Crippen molar-refractivity contribution in [3.63, 3.8) is 0 Å². The Morgan fingerprint density at radius 3 is 2.43 bits per heavy atom. The highest BCUT2D eigenvalue weighted by atomic mass is 32.2. The fourth-order valence-electron chi connectivity index (χ4n) is 2.55. The SMILES string of the molecule is O=Cc1ccc2c(-c3ccc(NC[SH](=O)=O)cc3)cccc2c1. The molecule has 0 amide bonds. The van der Waals surface area contributed by atoms with E-state index in [9.17, 15) is 13.2 Å². The third-order valence-corrected chi connectivity index (χ3v) is 4.07. The normalized spacial score (nSPS) is 10.8. The van der Waals surface area contributed by atoms with Crippen LogP contribution in [0.4, 0.5) is 5.69 Å². The predicted molar refractivity (Wildman–Crippen MR) is 93.6 cm³/mol. The van der Waals surface area contributed by atoms with E-state index in [1.165, 1.54) is 0 Å². The number of hydrogen-bond donors (Lipinski definition) is 2. The van der Waals surface area contributed by atoms with E-state index in [0.717, 1.165) is 33.9 Å². The molecule has 5 heteroatoms. The van der Waals surface area contributed by atoms with Crippen molar-refractivity contribution in [2.75, 3.05) is 11.2 Å². The van der Waals surface area contributed by atoms with Crippen molar-refractivity contribution in [2.45, 2.75) is 0 Å². The number of rotatable bonds is 5. The lowest BCUT2D eigenvalue weighted by Gasteiger charge is -2.09. The Hall–Kier alpha value is -2.66. The Labute approximate surface area is 135 Å². The first-order valence-corrected chi connectivity index (χ1v) is 8.48. The van der Waals surface area contributed by atoms with Gasteiger partial charge >= 0.3 is 0 Å². The van der Waals surface area contributed by atoms with Gasteiger partial charge in [-0.2, -0.15) is 0 Å². The zero-order valence-electron chi connectivity index (χ0n) is 12.2. The third kappa shape index (κ3) is 3.40. The molecule has 0 unspecified atom stereocenters. The molecule has 23 heavy (non-hydrogen) atoms. The Morgan fingerprint density at radius 1 is 0.957 bits per heavy atom. The maximum Gasteiger partial charge on any atom is 0.158 e. The molecule has 4 nitrogen and oxygen atoms in total. The number of hydrogen-bond acceptors (Lipinski definition) is 4. The second-order valence-corrected chi connectivity index (χ2v) is 6.13. The van der Waals surface area contributed by atoms with Crippen molar-refractivity contribution in [1.29, 1.82) is 0 Å². The fourth-order valence-corrected chi connectivity index (χ4v) is 2.86. The lowest BCUT2D eigenvalue weighted by molar-refractivity contribution is 0.112. The number of thiol groups is 1. The number of benzene rings is 3. The molecule has 116 valence electrons. The second kappa shape index (κ2) is 6.62. The van der Waals surface area contributed by atoms with E-state index >= 15 is 0 Å². The van der Waals surface area contributed by atoms with E-state index in [-0.39, 0.29) is 5.88 Å². The smallest absolute Gasteiger partial charge is 0.158 e. The summed E-state index contributed by atoms with van der Waals surface area (Å²) in [6.07, 6.45) is 0.841. The summed E-state index contributed by atoms with van der Waals surface area (Å²) in [7, 11) is -2.44. The molecule has 0 aliphatic rings. The molecule has 0 heterocycles. The molecule has 0 saturated carbocycles. The standard InChI is InChI=1S/C18H15NO3S/c20-11-13-4-9-18-15(10-13)2-1-3-17(18)14-5-7-16(8-6-14)19-12-23(21)22/h1-11,19,23H,12H2. The van der Waals surface area contributed by atoms with Gasteiger partial charge in [0.25, 0.3) is 0 Å². The average Bonchev–Trinajstić information content (AvgIpc) is 2.59. The van der Waals surface area contributed by atoms with Crippen molar-refractivity contribution in [1.82, 2.24) is 0 Å². The summed E-state index contributed by atoms with van der Waals surface area (Å²) in [5.74, 6) is -0.0720. The molecular formula is C18H15NO3S. The number of carbonyl (C=O) groups excluding carboxylic acids is 1. The monoisotopic (exact) mass is 325 g/mol. The van der Waals surface area contributed by atoms with Gasteiger partial charge in [-0.15, -0.1) is 0 Å². The van der Waals surface area contributed by atoms with E-state index < -0.39 is 10.7 Å². The number of fused-ring (bicyclic) bond motifs is 1.